The Kier molecular flexibility index (Phi) is 2.18. The van der Waals surface area contributed by atoms with Crippen molar-refractivity contribution in [1.82, 2.24) is 15.3 Å². The molecule has 2 N–H and O–H groups in total. The molecule has 4 nitrogen and oxygen atoms in total. The number of para-hydroxylation sites is 2. The summed E-state index contributed by atoms with van der Waals surface area (Å²) in [5.41, 5.74) is 1.94. The van der Waals surface area contributed by atoms with Crippen LogP contribution in [0.1, 0.15) is 5.82 Å². The number of carbonyl (C=O) groups excluding carboxylic acids is 1. The molecule has 1 aliphatic rings. The SMILES string of the molecule is O=C1CS/C(=C\c2nc3ccccc3[nH]2)N1. The molecule has 80 valence electrons. The van der Waals surface area contributed by atoms with Gasteiger partial charge in [-0.1, -0.05) is 23.9 Å². The number of hydrogen-bond donors (Lipinski definition) is 2. The van der Waals surface area contributed by atoms with Gasteiger partial charge in [-0.15, -0.1) is 0 Å². The van der Waals surface area contributed by atoms with E-state index in [1.165, 1.54) is 11.8 Å². The van der Waals surface area contributed by atoms with Gasteiger partial charge in [0.15, 0.2) is 0 Å². The lowest BCUT2D eigenvalue weighted by molar-refractivity contribution is -0.117. The van der Waals surface area contributed by atoms with Crippen molar-refractivity contribution in [1.29, 1.82) is 0 Å². The molecule has 1 saturated heterocycles. The third-order valence-corrected chi connectivity index (χ3v) is 3.23. The molecule has 0 saturated carbocycles. The van der Waals surface area contributed by atoms with E-state index in [9.17, 15) is 4.79 Å². The summed E-state index contributed by atoms with van der Waals surface area (Å²) in [6.07, 6.45) is 1.86. The molecule has 0 radical (unpaired) electrons. The Balaban J connectivity index is 1.97. The van der Waals surface area contributed by atoms with Crippen molar-refractivity contribution in [3.63, 3.8) is 0 Å². The third-order valence-electron chi connectivity index (χ3n) is 2.30. The Morgan fingerprint density at radius 2 is 2.25 bits per heavy atom. The van der Waals surface area contributed by atoms with Gasteiger partial charge in [-0.2, -0.15) is 0 Å². The molecule has 0 spiro atoms. The highest BCUT2D eigenvalue weighted by molar-refractivity contribution is 8.04. The highest BCUT2D eigenvalue weighted by atomic mass is 32.2. The molecule has 3 rings (SSSR count). The molecule has 2 heterocycles. The molecular weight excluding hydrogens is 222 g/mol. The van der Waals surface area contributed by atoms with Crippen LogP contribution in [-0.2, 0) is 4.79 Å². The predicted molar refractivity (Wildman–Crippen MR) is 64.7 cm³/mol. The summed E-state index contributed by atoms with van der Waals surface area (Å²) < 4.78 is 0. The summed E-state index contributed by atoms with van der Waals surface area (Å²) in [5, 5.41) is 3.62. The van der Waals surface area contributed by atoms with E-state index in [1.54, 1.807) is 0 Å². The summed E-state index contributed by atoms with van der Waals surface area (Å²) in [4.78, 5) is 18.6. The number of amides is 1. The van der Waals surface area contributed by atoms with Gasteiger partial charge < -0.3 is 10.3 Å². The molecular formula is C11H9N3OS. The lowest BCUT2D eigenvalue weighted by Gasteiger charge is -1.92. The Morgan fingerprint density at radius 1 is 1.38 bits per heavy atom. The summed E-state index contributed by atoms with van der Waals surface area (Å²) in [6.45, 7) is 0. The van der Waals surface area contributed by atoms with Crippen molar-refractivity contribution in [3.8, 4) is 0 Å². The van der Waals surface area contributed by atoms with Crippen LogP contribution in [0.15, 0.2) is 29.3 Å². The van der Waals surface area contributed by atoms with E-state index in [0.717, 1.165) is 21.9 Å². The van der Waals surface area contributed by atoms with Gasteiger partial charge in [-0.25, -0.2) is 4.98 Å². The zero-order valence-corrected chi connectivity index (χ0v) is 9.17. The minimum absolute atomic E-state index is 0.0485. The number of thioether (sulfide) groups is 1. The maximum Gasteiger partial charge on any atom is 0.235 e. The van der Waals surface area contributed by atoms with E-state index in [4.69, 9.17) is 0 Å². The number of rotatable bonds is 1. The summed E-state index contributed by atoms with van der Waals surface area (Å²) >= 11 is 1.50. The third kappa shape index (κ3) is 1.69. The molecule has 16 heavy (non-hydrogen) atoms. The monoisotopic (exact) mass is 231 g/mol. The standard InChI is InChI=1S/C11H9N3OS/c15-10-6-16-11(14-10)5-9-12-7-3-1-2-4-8(7)13-9/h1-5H,6H2,(H,12,13)(H,14,15)/b11-5-. The molecule has 0 bridgehead atoms. The average molecular weight is 231 g/mol. The summed E-state index contributed by atoms with van der Waals surface area (Å²) in [7, 11) is 0. The number of benzene rings is 1. The van der Waals surface area contributed by atoms with Crippen LogP contribution in [0, 0.1) is 0 Å². The molecule has 1 aromatic heterocycles. The molecule has 1 aromatic carbocycles. The molecule has 2 aromatic rings. The van der Waals surface area contributed by atoms with Gasteiger partial charge in [0.05, 0.1) is 21.8 Å². The van der Waals surface area contributed by atoms with E-state index in [1.807, 2.05) is 30.3 Å². The molecule has 5 heteroatoms. The number of fused-ring (bicyclic) bond motifs is 1. The first-order valence-corrected chi connectivity index (χ1v) is 5.89. The molecule has 0 atom stereocenters. The maximum absolute atomic E-state index is 11.0. The van der Waals surface area contributed by atoms with Gasteiger partial charge in [0.2, 0.25) is 5.91 Å². The molecule has 1 fully saturated rings. The van der Waals surface area contributed by atoms with Gasteiger partial charge >= 0.3 is 0 Å². The van der Waals surface area contributed by atoms with Crippen molar-refractivity contribution >= 4 is 34.8 Å². The zero-order chi connectivity index (χ0) is 11.0. The Labute approximate surface area is 96.1 Å². The number of imidazole rings is 1. The van der Waals surface area contributed by atoms with Crippen LogP contribution >= 0.6 is 11.8 Å². The lowest BCUT2D eigenvalue weighted by atomic mass is 10.3. The van der Waals surface area contributed by atoms with Crippen molar-refractivity contribution in [2.45, 2.75) is 0 Å². The van der Waals surface area contributed by atoms with Crippen molar-refractivity contribution in [2.24, 2.45) is 0 Å². The molecule has 0 aliphatic carbocycles. The van der Waals surface area contributed by atoms with Crippen LogP contribution in [0.5, 0.6) is 0 Å². The number of aromatic amines is 1. The quantitative estimate of drug-likeness (QED) is 0.785. The zero-order valence-electron chi connectivity index (χ0n) is 8.36. The van der Waals surface area contributed by atoms with E-state index in [0.29, 0.717) is 5.75 Å². The van der Waals surface area contributed by atoms with Gasteiger partial charge in [0.25, 0.3) is 0 Å². The molecule has 1 aliphatic heterocycles. The fraction of sp³-hybridized carbons (Fsp3) is 0.0909. The lowest BCUT2D eigenvalue weighted by Crippen LogP contribution is -2.13. The van der Waals surface area contributed by atoms with E-state index in [-0.39, 0.29) is 5.91 Å². The van der Waals surface area contributed by atoms with Crippen LogP contribution < -0.4 is 5.32 Å². The largest absolute Gasteiger partial charge is 0.338 e. The fourth-order valence-electron chi connectivity index (χ4n) is 1.60. The minimum atomic E-state index is 0.0485. The predicted octanol–water partition coefficient (Wildman–Crippen LogP) is 1.72. The number of aromatic nitrogens is 2. The number of nitrogens with one attached hydrogen (secondary N) is 2. The molecule has 1 amide bonds. The van der Waals surface area contributed by atoms with Crippen LogP contribution in [0.4, 0.5) is 0 Å². The highest BCUT2D eigenvalue weighted by Crippen LogP contribution is 2.21. The number of H-pyrrole nitrogens is 1. The number of carbonyl (C=O) groups is 1. The number of hydrogen-bond acceptors (Lipinski definition) is 3. The number of nitrogens with zero attached hydrogens (tertiary/aromatic N) is 1. The molecule has 0 unspecified atom stereocenters. The fourth-order valence-corrected chi connectivity index (χ4v) is 2.34. The second-order valence-corrected chi connectivity index (χ2v) is 4.50. The topological polar surface area (TPSA) is 57.8 Å². The Hall–Kier alpha value is -1.75. The second-order valence-electron chi connectivity index (χ2n) is 3.48. The smallest absolute Gasteiger partial charge is 0.235 e. The van der Waals surface area contributed by atoms with Crippen LogP contribution in [0.25, 0.3) is 17.1 Å². The van der Waals surface area contributed by atoms with Crippen LogP contribution in [0.2, 0.25) is 0 Å². The van der Waals surface area contributed by atoms with Crippen molar-refractivity contribution in [3.05, 3.63) is 35.1 Å². The maximum atomic E-state index is 11.0. The normalized spacial score (nSPS) is 18.2. The van der Waals surface area contributed by atoms with Gasteiger partial charge in [0, 0.05) is 6.08 Å². The van der Waals surface area contributed by atoms with E-state index < -0.39 is 0 Å². The van der Waals surface area contributed by atoms with Crippen molar-refractivity contribution < 1.29 is 4.79 Å². The van der Waals surface area contributed by atoms with E-state index >= 15 is 0 Å². The first-order valence-electron chi connectivity index (χ1n) is 4.90. The highest BCUT2D eigenvalue weighted by Gasteiger charge is 2.15. The van der Waals surface area contributed by atoms with Gasteiger partial charge in [0.1, 0.15) is 5.82 Å². The van der Waals surface area contributed by atoms with Crippen molar-refractivity contribution in [2.75, 3.05) is 5.75 Å². The Bertz CT molecular complexity index is 555. The first kappa shape index (κ1) is 9.47. The van der Waals surface area contributed by atoms with E-state index in [2.05, 4.69) is 15.3 Å². The minimum Gasteiger partial charge on any atom is -0.338 e. The van der Waals surface area contributed by atoms with Crippen LogP contribution in [-0.4, -0.2) is 21.6 Å². The Morgan fingerprint density at radius 3 is 3.00 bits per heavy atom. The summed E-state index contributed by atoms with van der Waals surface area (Å²) in [5.74, 6) is 1.31. The van der Waals surface area contributed by atoms with Gasteiger partial charge in [-0.3, -0.25) is 4.79 Å². The summed E-state index contributed by atoms with van der Waals surface area (Å²) in [6, 6.07) is 7.84. The second kappa shape index (κ2) is 3.68. The first-order chi connectivity index (χ1) is 7.81. The average Bonchev–Trinajstić information content (AvgIpc) is 2.84. The van der Waals surface area contributed by atoms with Gasteiger partial charge in [-0.05, 0) is 12.1 Å². The van der Waals surface area contributed by atoms with Crippen LogP contribution in [0.3, 0.4) is 0 Å².